The summed E-state index contributed by atoms with van der Waals surface area (Å²) in [4.78, 5) is 25.6. The number of carbonyl (C=O) groups excluding carboxylic acids is 1. The quantitative estimate of drug-likeness (QED) is 0.183. The molecular formula is C29H22ClN3O3. The molecule has 0 bridgehead atoms. The first-order chi connectivity index (χ1) is 17.6. The summed E-state index contributed by atoms with van der Waals surface area (Å²) in [6.45, 7) is 0.463. The number of hydrogen-bond acceptors (Lipinski definition) is 4. The number of fused-ring (bicyclic) bond motifs is 2. The minimum atomic E-state index is -0.298. The van der Waals surface area contributed by atoms with Crippen LogP contribution in [0.15, 0.2) is 107 Å². The molecule has 4 aromatic carbocycles. The van der Waals surface area contributed by atoms with Gasteiger partial charge in [0.2, 0.25) is 0 Å². The van der Waals surface area contributed by atoms with Crippen LogP contribution < -0.4 is 15.6 Å². The number of benzene rings is 4. The van der Waals surface area contributed by atoms with Crippen molar-refractivity contribution >= 4 is 45.5 Å². The van der Waals surface area contributed by atoms with Gasteiger partial charge in [-0.15, -0.1) is 0 Å². The van der Waals surface area contributed by atoms with Crippen molar-refractivity contribution in [3.63, 3.8) is 0 Å². The molecule has 1 N–H and O–H groups in total. The van der Waals surface area contributed by atoms with Crippen molar-refractivity contribution in [1.82, 2.24) is 9.99 Å². The van der Waals surface area contributed by atoms with Gasteiger partial charge in [-0.05, 0) is 71.8 Å². The number of ether oxygens (including phenoxy) is 1. The first-order valence-electron chi connectivity index (χ1n) is 11.4. The van der Waals surface area contributed by atoms with E-state index in [1.165, 1.54) is 0 Å². The van der Waals surface area contributed by atoms with Crippen LogP contribution in [0.25, 0.3) is 21.8 Å². The normalized spacial score (nSPS) is 11.2. The van der Waals surface area contributed by atoms with E-state index in [0.29, 0.717) is 33.4 Å². The zero-order valence-electron chi connectivity index (χ0n) is 19.2. The summed E-state index contributed by atoms with van der Waals surface area (Å²) in [5.41, 5.74) is 5.78. The number of pyridine rings is 1. The maximum Gasteiger partial charge on any atom is 0.260 e. The summed E-state index contributed by atoms with van der Waals surface area (Å²) in [6, 6.07) is 29.5. The van der Waals surface area contributed by atoms with Crippen LogP contribution in [0.4, 0.5) is 0 Å². The standard InChI is InChI=1S/C29H22ClN3O3/c30-22-13-9-21(10-14-22)19-36-23-15-11-20(12-16-23)17-31-32-28(34)18-33-26-7-3-1-5-24(26)29(35)25-6-2-4-8-27(25)33/h1-17H,18-19H2,(H,32,34). The molecule has 0 aliphatic carbocycles. The van der Waals surface area contributed by atoms with Crippen molar-refractivity contribution in [3.05, 3.63) is 123 Å². The Kier molecular flexibility index (Phi) is 6.78. The number of nitrogens with one attached hydrogen (secondary N) is 1. The summed E-state index contributed by atoms with van der Waals surface area (Å²) >= 11 is 5.91. The number of aromatic nitrogens is 1. The molecule has 0 radical (unpaired) electrons. The number of rotatable bonds is 7. The van der Waals surface area contributed by atoms with Crippen molar-refractivity contribution in [1.29, 1.82) is 0 Å². The highest BCUT2D eigenvalue weighted by atomic mass is 35.5. The molecule has 1 aromatic heterocycles. The molecule has 0 aliphatic rings. The number of nitrogens with zero attached hydrogens (tertiary/aromatic N) is 2. The molecule has 178 valence electrons. The Bertz CT molecular complexity index is 1560. The van der Waals surface area contributed by atoms with E-state index in [4.69, 9.17) is 16.3 Å². The predicted molar refractivity (Wildman–Crippen MR) is 144 cm³/mol. The Morgan fingerprint density at radius 3 is 2.11 bits per heavy atom. The summed E-state index contributed by atoms with van der Waals surface area (Å²) in [5.74, 6) is 0.427. The van der Waals surface area contributed by atoms with Gasteiger partial charge in [0.05, 0.1) is 17.2 Å². The summed E-state index contributed by atoms with van der Waals surface area (Å²) in [6.07, 6.45) is 1.57. The Morgan fingerprint density at radius 2 is 1.47 bits per heavy atom. The third-order valence-electron chi connectivity index (χ3n) is 5.78. The van der Waals surface area contributed by atoms with Gasteiger partial charge in [0.1, 0.15) is 18.9 Å². The smallest absolute Gasteiger partial charge is 0.260 e. The molecule has 1 amide bonds. The zero-order valence-corrected chi connectivity index (χ0v) is 20.0. The highest BCUT2D eigenvalue weighted by Crippen LogP contribution is 2.19. The van der Waals surface area contributed by atoms with Crippen molar-refractivity contribution in [2.45, 2.75) is 13.2 Å². The second kappa shape index (κ2) is 10.5. The molecule has 6 nitrogen and oxygen atoms in total. The van der Waals surface area contributed by atoms with E-state index in [0.717, 1.165) is 16.9 Å². The Labute approximate surface area is 212 Å². The van der Waals surface area contributed by atoms with Gasteiger partial charge in [-0.3, -0.25) is 9.59 Å². The predicted octanol–water partition coefficient (Wildman–Crippen LogP) is 5.54. The molecule has 0 unspecified atom stereocenters. The van der Waals surface area contributed by atoms with E-state index < -0.39 is 0 Å². The molecule has 0 fully saturated rings. The molecule has 0 saturated carbocycles. The fourth-order valence-electron chi connectivity index (χ4n) is 4.00. The maximum atomic E-state index is 12.9. The van der Waals surface area contributed by atoms with Crippen molar-refractivity contribution in [2.75, 3.05) is 0 Å². The molecule has 5 rings (SSSR count). The maximum absolute atomic E-state index is 12.9. The molecular weight excluding hydrogens is 474 g/mol. The third-order valence-corrected chi connectivity index (χ3v) is 6.03. The molecule has 0 atom stereocenters. The van der Waals surface area contributed by atoms with Crippen LogP contribution >= 0.6 is 11.6 Å². The minimum absolute atomic E-state index is 0.0239. The summed E-state index contributed by atoms with van der Waals surface area (Å²) in [5, 5.41) is 5.93. The van der Waals surface area contributed by atoms with E-state index in [9.17, 15) is 9.59 Å². The van der Waals surface area contributed by atoms with Crippen molar-refractivity contribution in [2.24, 2.45) is 5.10 Å². The summed E-state index contributed by atoms with van der Waals surface area (Å²) < 4.78 is 7.63. The van der Waals surface area contributed by atoms with E-state index in [2.05, 4.69) is 10.5 Å². The van der Waals surface area contributed by atoms with Crippen LogP contribution in [-0.2, 0) is 17.9 Å². The molecule has 36 heavy (non-hydrogen) atoms. The SMILES string of the molecule is O=C(Cn1c2ccccc2c(=O)c2ccccc21)NN=Cc1ccc(OCc2ccc(Cl)cc2)cc1. The van der Waals surface area contributed by atoms with E-state index >= 15 is 0 Å². The molecule has 0 aliphatic heterocycles. The Morgan fingerprint density at radius 1 is 0.861 bits per heavy atom. The van der Waals surface area contributed by atoms with Crippen LogP contribution in [0.1, 0.15) is 11.1 Å². The molecule has 7 heteroatoms. The number of amides is 1. The second-order valence-electron chi connectivity index (χ2n) is 8.23. The Balaban J connectivity index is 1.24. The highest BCUT2D eigenvalue weighted by Gasteiger charge is 2.12. The summed E-state index contributed by atoms with van der Waals surface area (Å²) in [7, 11) is 0. The topological polar surface area (TPSA) is 72.7 Å². The highest BCUT2D eigenvalue weighted by molar-refractivity contribution is 6.30. The lowest BCUT2D eigenvalue weighted by Crippen LogP contribution is -2.25. The van der Waals surface area contributed by atoms with Crippen LogP contribution in [0.5, 0.6) is 5.75 Å². The van der Waals surface area contributed by atoms with Gasteiger partial charge in [0.15, 0.2) is 5.43 Å². The first-order valence-corrected chi connectivity index (χ1v) is 11.8. The van der Waals surface area contributed by atoms with Gasteiger partial charge in [-0.1, -0.05) is 48.0 Å². The van der Waals surface area contributed by atoms with E-state index in [-0.39, 0.29) is 17.9 Å². The lowest BCUT2D eigenvalue weighted by atomic mass is 10.1. The minimum Gasteiger partial charge on any atom is -0.489 e. The molecule has 5 aromatic rings. The number of carbonyl (C=O) groups is 1. The first kappa shape index (κ1) is 23.3. The van der Waals surface area contributed by atoms with Crippen molar-refractivity contribution in [3.8, 4) is 5.75 Å². The van der Waals surface area contributed by atoms with Crippen LogP contribution in [0, 0.1) is 0 Å². The molecule has 0 spiro atoms. The Hall–Kier alpha value is -4.42. The van der Waals surface area contributed by atoms with Crippen LogP contribution in [-0.4, -0.2) is 16.7 Å². The second-order valence-corrected chi connectivity index (χ2v) is 8.66. The lowest BCUT2D eigenvalue weighted by Gasteiger charge is -2.14. The zero-order chi connectivity index (χ0) is 24.9. The largest absolute Gasteiger partial charge is 0.489 e. The molecule has 0 saturated heterocycles. The average molecular weight is 496 g/mol. The van der Waals surface area contributed by atoms with Gasteiger partial charge < -0.3 is 9.30 Å². The van der Waals surface area contributed by atoms with Gasteiger partial charge in [0, 0.05) is 15.8 Å². The van der Waals surface area contributed by atoms with Gasteiger partial charge >= 0.3 is 0 Å². The van der Waals surface area contributed by atoms with Crippen LogP contribution in [0.3, 0.4) is 0 Å². The number of para-hydroxylation sites is 2. The average Bonchev–Trinajstić information content (AvgIpc) is 2.91. The monoisotopic (exact) mass is 495 g/mol. The van der Waals surface area contributed by atoms with E-state index in [1.54, 1.807) is 18.3 Å². The van der Waals surface area contributed by atoms with E-state index in [1.807, 2.05) is 89.5 Å². The number of halogens is 1. The molecule has 1 heterocycles. The van der Waals surface area contributed by atoms with Crippen molar-refractivity contribution < 1.29 is 9.53 Å². The lowest BCUT2D eigenvalue weighted by molar-refractivity contribution is -0.121. The number of hydrazone groups is 1. The van der Waals surface area contributed by atoms with Gasteiger partial charge in [-0.2, -0.15) is 5.10 Å². The fourth-order valence-corrected chi connectivity index (χ4v) is 4.13. The third kappa shape index (κ3) is 5.14. The van der Waals surface area contributed by atoms with Gasteiger partial charge in [-0.25, -0.2) is 5.43 Å². The fraction of sp³-hybridized carbons (Fsp3) is 0.0690. The van der Waals surface area contributed by atoms with Crippen LogP contribution in [0.2, 0.25) is 5.02 Å². The number of hydrogen-bond donors (Lipinski definition) is 1. The van der Waals surface area contributed by atoms with Gasteiger partial charge in [0.25, 0.3) is 5.91 Å².